The fourth-order valence-electron chi connectivity index (χ4n) is 2.35. The summed E-state index contributed by atoms with van der Waals surface area (Å²) in [6.45, 7) is 2.18. The Balaban J connectivity index is 1.93. The van der Waals surface area contributed by atoms with Gasteiger partial charge in [0.15, 0.2) is 17.2 Å². The van der Waals surface area contributed by atoms with Crippen LogP contribution in [0.4, 0.5) is 0 Å². The Hall–Kier alpha value is -1.62. The number of likely N-dealkylation sites (tertiary alicyclic amines) is 1. The van der Waals surface area contributed by atoms with Crippen LogP contribution in [0.1, 0.15) is 24.6 Å². The van der Waals surface area contributed by atoms with Gasteiger partial charge < -0.3 is 10.0 Å². The molecule has 1 N–H and O–H groups in total. The first-order valence-electron chi connectivity index (χ1n) is 5.97. The molecule has 2 aromatic heterocycles. The Morgan fingerprint density at radius 2 is 2.12 bits per heavy atom. The zero-order valence-electron chi connectivity index (χ0n) is 9.87. The first-order valence-corrected chi connectivity index (χ1v) is 5.97. The summed E-state index contributed by atoms with van der Waals surface area (Å²) >= 11 is 0. The molecule has 3 rings (SSSR count). The number of rotatable bonds is 1. The van der Waals surface area contributed by atoms with E-state index in [4.69, 9.17) is 0 Å². The van der Waals surface area contributed by atoms with E-state index in [9.17, 15) is 5.11 Å². The molecule has 3 heterocycles. The molecule has 0 aromatic carbocycles. The zero-order valence-corrected chi connectivity index (χ0v) is 9.87. The van der Waals surface area contributed by atoms with Crippen molar-refractivity contribution < 1.29 is 5.11 Å². The van der Waals surface area contributed by atoms with Crippen molar-refractivity contribution >= 4 is 5.65 Å². The normalized spacial score (nSPS) is 18.9. The minimum absolute atomic E-state index is 0.194. The van der Waals surface area contributed by atoms with E-state index in [0.29, 0.717) is 11.6 Å². The molecule has 1 aliphatic rings. The maximum atomic E-state index is 9.69. The number of pyridine rings is 1. The van der Waals surface area contributed by atoms with E-state index < -0.39 is 0 Å². The van der Waals surface area contributed by atoms with Gasteiger partial charge in [0, 0.05) is 12.1 Å². The van der Waals surface area contributed by atoms with Crippen LogP contribution in [0.2, 0.25) is 0 Å². The molecule has 0 aliphatic carbocycles. The van der Waals surface area contributed by atoms with Gasteiger partial charge in [-0.3, -0.25) is 0 Å². The van der Waals surface area contributed by atoms with Gasteiger partial charge in [0.25, 0.3) is 0 Å². The van der Waals surface area contributed by atoms with Gasteiger partial charge in [-0.2, -0.15) is 5.10 Å². The Kier molecular flexibility index (Phi) is 2.48. The predicted molar refractivity (Wildman–Crippen MR) is 64.1 cm³/mol. The van der Waals surface area contributed by atoms with Crippen LogP contribution in [0.5, 0.6) is 5.75 Å². The SMILES string of the molecule is CN1CCC(c2nc3c(O)cccn3n2)CC1. The second kappa shape index (κ2) is 4.00. The quantitative estimate of drug-likeness (QED) is 0.804. The van der Waals surface area contributed by atoms with E-state index in [-0.39, 0.29) is 5.75 Å². The van der Waals surface area contributed by atoms with E-state index >= 15 is 0 Å². The monoisotopic (exact) mass is 232 g/mol. The Morgan fingerprint density at radius 3 is 2.82 bits per heavy atom. The van der Waals surface area contributed by atoms with Gasteiger partial charge >= 0.3 is 0 Å². The van der Waals surface area contributed by atoms with E-state index in [1.807, 2.05) is 6.20 Å². The number of aromatic nitrogens is 3. The van der Waals surface area contributed by atoms with Crippen molar-refractivity contribution in [3.8, 4) is 5.75 Å². The lowest BCUT2D eigenvalue weighted by atomic mass is 9.97. The topological polar surface area (TPSA) is 53.7 Å². The lowest BCUT2D eigenvalue weighted by Crippen LogP contribution is -2.29. The fourth-order valence-corrected chi connectivity index (χ4v) is 2.35. The maximum Gasteiger partial charge on any atom is 0.197 e. The van der Waals surface area contributed by atoms with Crippen molar-refractivity contribution in [3.63, 3.8) is 0 Å². The standard InChI is InChI=1S/C12H16N4O/c1-15-7-4-9(5-8-15)11-13-12-10(17)3-2-6-16(12)14-11/h2-3,6,9,17H,4-5,7-8H2,1H3. The highest BCUT2D eigenvalue weighted by Gasteiger charge is 2.22. The lowest BCUT2D eigenvalue weighted by molar-refractivity contribution is 0.251. The summed E-state index contributed by atoms with van der Waals surface area (Å²) in [4.78, 5) is 6.77. The molecule has 0 saturated carbocycles. The van der Waals surface area contributed by atoms with Crippen molar-refractivity contribution in [2.75, 3.05) is 20.1 Å². The fraction of sp³-hybridized carbons (Fsp3) is 0.500. The minimum atomic E-state index is 0.194. The molecule has 1 saturated heterocycles. The molecule has 0 unspecified atom stereocenters. The first-order chi connectivity index (χ1) is 8.24. The number of hydrogen-bond donors (Lipinski definition) is 1. The number of piperidine rings is 1. The van der Waals surface area contributed by atoms with Crippen LogP contribution >= 0.6 is 0 Å². The minimum Gasteiger partial charge on any atom is -0.504 e. The molecule has 0 radical (unpaired) electrons. The molecule has 1 fully saturated rings. The van der Waals surface area contributed by atoms with Crippen LogP contribution in [-0.4, -0.2) is 44.7 Å². The highest BCUT2D eigenvalue weighted by molar-refractivity contribution is 5.51. The summed E-state index contributed by atoms with van der Waals surface area (Å²) < 4.78 is 1.66. The Labute approximate surface area is 99.7 Å². The van der Waals surface area contributed by atoms with Crippen LogP contribution in [-0.2, 0) is 0 Å². The van der Waals surface area contributed by atoms with Crippen LogP contribution in [0.3, 0.4) is 0 Å². The van der Waals surface area contributed by atoms with E-state index in [2.05, 4.69) is 22.0 Å². The third-order valence-corrected chi connectivity index (χ3v) is 3.44. The van der Waals surface area contributed by atoms with Gasteiger partial charge in [-0.25, -0.2) is 9.50 Å². The van der Waals surface area contributed by atoms with E-state index in [1.165, 1.54) is 0 Å². The van der Waals surface area contributed by atoms with Crippen molar-refractivity contribution in [2.45, 2.75) is 18.8 Å². The second-order valence-corrected chi connectivity index (χ2v) is 4.71. The van der Waals surface area contributed by atoms with Crippen molar-refractivity contribution in [2.24, 2.45) is 0 Å². The summed E-state index contributed by atoms with van der Waals surface area (Å²) in [5.74, 6) is 1.48. The molecule has 5 heteroatoms. The average Bonchev–Trinajstić information content (AvgIpc) is 2.75. The molecular formula is C12H16N4O. The average molecular weight is 232 g/mol. The molecule has 1 aliphatic heterocycles. The highest BCUT2D eigenvalue weighted by Crippen LogP contribution is 2.26. The molecule has 2 aromatic rings. The third-order valence-electron chi connectivity index (χ3n) is 3.44. The molecule has 0 amide bonds. The number of aromatic hydroxyl groups is 1. The van der Waals surface area contributed by atoms with Gasteiger partial charge in [0.05, 0.1) is 0 Å². The van der Waals surface area contributed by atoms with Crippen molar-refractivity contribution in [1.82, 2.24) is 19.5 Å². The Morgan fingerprint density at radius 1 is 1.35 bits per heavy atom. The summed E-state index contributed by atoms with van der Waals surface area (Å²) in [7, 11) is 2.14. The number of hydrogen-bond acceptors (Lipinski definition) is 4. The van der Waals surface area contributed by atoms with Gasteiger partial charge in [0.1, 0.15) is 0 Å². The molecule has 17 heavy (non-hydrogen) atoms. The first kappa shape index (κ1) is 10.5. The van der Waals surface area contributed by atoms with Crippen LogP contribution < -0.4 is 0 Å². The highest BCUT2D eigenvalue weighted by atomic mass is 16.3. The molecule has 0 spiro atoms. The van der Waals surface area contributed by atoms with Gasteiger partial charge in [0.2, 0.25) is 0 Å². The molecule has 5 nitrogen and oxygen atoms in total. The van der Waals surface area contributed by atoms with Crippen molar-refractivity contribution in [1.29, 1.82) is 0 Å². The molecule has 0 atom stereocenters. The second-order valence-electron chi connectivity index (χ2n) is 4.71. The smallest absolute Gasteiger partial charge is 0.197 e. The van der Waals surface area contributed by atoms with Crippen LogP contribution in [0.25, 0.3) is 5.65 Å². The summed E-state index contributed by atoms with van der Waals surface area (Å²) in [6.07, 6.45) is 4.00. The van der Waals surface area contributed by atoms with Crippen molar-refractivity contribution in [3.05, 3.63) is 24.2 Å². The van der Waals surface area contributed by atoms with E-state index in [1.54, 1.807) is 16.6 Å². The summed E-state index contributed by atoms with van der Waals surface area (Å²) in [6, 6.07) is 3.41. The zero-order chi connectivity index (χ0) is 11.8. The maximum absolute atomic E-state index is 9.69. The summed E-state index contributed by atoms with van der Waals surface area (Å²) in [5, 5.41) is 14.1. The molecule has 90 valence electrons. The van der Waals surface area contributed by atoms with Gasteiger partial charge in [-0.15, -0.1) is 0 Å². The number of fused-ring (bicyclic) bond motifs is 1. The van der Waals surface area contributed by atoms with Gasteiger partial charge in [-0.05, 0) is 45.1 Å². The van der Waals surface area contributed by atoms with Crippen LogP contribution in [0.15, 0.2) is 18.3 Å². The summed E-state index contributed by atoms with van der Waals surface area (Å²) in [5.41, 5.74) is 0.557. The molecular weight excluding hydrogens is 216 g/mol. The number of nitrogens with zero attached hydrogens (tertiary/aromatic N) is 4. The predicted octanol–water partition coefficient (Wildman–Crippen LogP) is 1.24. The van der Waals surface area contributed by atoms with E-state index in [0.717, 1.165) is 31.8 Å². The lowest BCUT2D eigenvalue weighted by Gasteiger charge is -2.26. The third kappa shape index (κ3) is 1.86. The largest absolute Gasteiger partial charge is 0.504 e. The van der Waals surface area contributed by atoms with Gasteiger partial charge in [-0.1, -0.05) is 0 Å². The Bertz CT molecular complexity index is 528. The van der Waals surface area contributed by atoms with Crippen LogP contribution in [0, 0.1) is 0 Å². The molecule has 0 bridgehead atoms.